The minimum absolute atomic E-state index is 0.00812. The van der Waals surface area contributed by atoms with Crippen molar-refractivity contribution in [3.8, 4) is 0 Å². The highest BCUT2D eigenvalue weighted by Crippen LogP contribution is 2.32. The first kappa shape index (κ1) is 20.6. The molecule has 1 N–H and O–H groups in total. The molecule has 2 heterocycles. The van der Waals surface area contributed by atoms with Gasteiger partial charge in [-0.2, -0.15) is 0 Å². The number of benzene rings is 2. The number of hydrogen-bond acceptors (Lipinski definition) is 5. The summed E-state index contributed by atoms with van der Waals surface area (Å²) < 4.78 is 2.26. The van der Waals surface area contributed by atoms with Crippen LogP contribution in [0.5, 0.6) is 0 Å². The first-order valence-electron chi connectivity index (χ1n) is 9.89. The zero-order chi connectivity index (χ0) is 20.4. The Balaban J connectivity index is 1.28. The molecule has 0 spiro atoms. The molecule has 1 aliphatic rings. The second kappa shape index (κ2) is 8.97. The van der Waals surface area contributed by atoms with Crippen molar-refractivity contribution in [3.05, 3.63) is 56.7 Å². The Bertz CT molecular complexity index is 1030. The van der Waals surface area contributed by atoms with Crippen molar-refractivity contribution in [2.75, 3.05) is 44.2 Å². The summed E-state index contributed by atoms with van der Waals surface area (Å²) in [5, 5.41) is 4.18. The molecule has 0 unspecified atom stereocenters. The number of halogens is 1. The summed E-state index contributed by atoms with van der Waals surface area (Å²) in [4.78, 5) is 22.0. The highest BCUT2D eigenvalue weighted by Gasteiger charge is 2.20. The standard InChI is InChI=1S/C22H25IN4OS/c1-15-13-16(2)20-19(14-15)29-22(25-20)27-11-9-26(10-12-27)8-7-24-21(28)17-5-3-4-6-18(17)23/h3-6,13-14H,7-12H2,1-2H3,(H,24,28). The molecule has 0 radical (unpaired) electrons. The molecule has 0 aliphatic carbocycles. The second-order valence-corrected chi connectivity index (χ2v) is 9.66. The highest BCUT2D eigenvalue weighted by atomic mass is 127. The van der Waals surface area contributed by atoms with Crippen molar-refractivity contribution < 1.29 is 4.79 Å². The summed E-state index contributed by atoms with van der Waals surface area (Å²) in [5.41, 5.74) is 4.43. The molecule has 0 saturated carbocycles. The molecule has 1 aliphatic heterocycles. The van der Waals surface area contributed by atoms with Gasteiger partial charge in [0.05, 0.1) is 15.8 Å². The van der Waals surface area contributed by atoms with Gasteiger partial charge in [-0.05, 0) is 65.8 Å². The van der Waals surface area contributed by atoms with Gasteiger partial charge in [-0.1, -0.05) is 29.5 Å². The Hall–Kier alpha value is -1.71. The average molecular weight is 520 g/mol. The zero-order valence-electron chi connectivity index (χ0n) is 16.7. The summed E-state index contributed by atoms with van der Waals surface area (Å²) in [6.07, 6.45) is 0. The molecule has 7 heteroatoms. The number of aromatic nitrogens is 1. The van der Waals surface area contributed by atoms with Crippen LogP contribution in [0.1, 0.15) is 21.5 Å². The maximum atomic E-state index is 12.3. The van der Waals surface area contributed by atoms with E-state index in [1.165, 1.54) is 15.8 Å². The molecule has 152 valence electrons. The van der Waals surface area contributed by atoms with Crippen LogP contribution >= 0.6 is 33.9 Å². The van der Waals surface area contributed by atoms with Crippen molar-refractivity contribution in [2.24, 2.45) is 0 Å². The molecule has 2 aromatic carbocycles. The number of rotatable bonds is 5. The number of amides is 1. The van der Waals surface area contributed by atoms with Crippen LogP contribution in [0.15, 0.2) is 36.4 Å². The highest BCUT2D eigenvalue weighted by molar-refractivity contribution is 14.1. The van der Waals surface area contributed by atoms with Crippen LogP contribution in [-0.4, -0.2) is 55.1 Å². The molecule has 29 heavy (non-hydrogen) atoms. The summed E-state index contributed by atoms with van der Waals surface area (Å²) >= 11 is 4.00. The van der Waals surface area contributed by atoms with Gasteiger partial charge >= 0.3 is 0 Å². The first-order chi connectivity index (χ1) is 14.0. The van der Waals surface area contributed by atoms with Crippen LogP contribution in [0.2, 0.25) is 0 Å². The van der Waals surface area contributed by atoms with Gasteiger partial charge in [-0.15, -0.1) is 0 Å². The van der Waals surface area contributed by atoms with Crippen molar-refractivity contribution in [1.29, 1.82) is 0 Å². The Morgan fingerprint density at radius 3 is 2.69 bits per heavy atom. The summed E-state index contributed by atoms with van der Waals surface area (Å²) in [7, 11) is 0. The monoisotopic (exact) mass is 520 g/mol. The van der Waals surface area contributed by atoms with E-state index in [0.717, 1.165) is 52.5 Å². The van der Waals surface area contributed by atoms with Crippen molar-refractivity contribution in [2.45, 2.75) is 13.8 Å². The van der Waals surface area contributed by atoms with Gasteiger partial charge in [0, 0.05) is 42.8 Å². The number of hydrogen-bond donors (Lipinski definition) is 1. The molecule has 1 saturated heterocycles. The van der Waals surface area contributed by atoms with Crippen LogP contribution in [0.4, 0.5) is 5.13 Å². The van der Waals surface area contributed by atoms with Gasteiger partial charge in [0.25, 0.3) is 5.91 Å². The van der Waals surface area contributed by atoms with E-state index < -0.39 is 0 Å². The largest absolute Gasteiger partial charge is 0.351 e. The van der Waals surface area contributed by atoms with Crippen LogP contribution in [0.25, 0.3) is 10.2 Å². The number of nitrogens with zero attached hydrogens (tertiary/aromatic N) is 3. The van der Waals surface area contributed by atoms with E-state index >= 15 is 0 Å². The van der Waals surface area contributed by atoms with E-state index in [0.29, 0.717) is 6.54 Å². The normalized spacial score (nSPS) is 15.1. The Labute approximate surface area is 189 Å². The van der Waals surface area contributed by atoms with Gasteiger partial charge < -0.3 is 10.2 Å². The maximum Gasteiger partial charge on any atom is 0.252 e. The molecule has 1 fully saturated rings. The van der Waals surface area contributed by atoms with Crippen LogP contribution in [0, 0.1) is 17.4 Å². The Morgan fingerprint density at radius 1 is 1.17 bits per heavy atom. The van der Waals surface area contributed by atoms with Crippen LogP contribution < -0.4 is 10.2 Å². The maximum absolute atomic E-state index is 12.3. The van der Waals surface area contributed by atoms with E-state index in [1.54, 1.807) is 11.3 Å². The molecule has 1 amide bonds. The Morgan fingerprint density at radius 2 is 1.93 bits per heavy atom. The van der Waals surface area contributed by atoms with Crippen molar-refractivity contribution in [1.82, 2.24) is 15.2 Å². The third-order valence-corrected chi connectivity index (χ3v) is 7.30. The number of thiazole rings is 1. The van der Waals surface area contributed by atoms with Gasteiger partial charge in [-0.3, -0.25) is 9.69 Å². The van der Waals surface area contributed by atoms with E-state index in [1.807, 2.05) is 24.3 Å². The molecule has 4 rings (SSSR count). The van der Waals surface area contributed by atoms with Crippen molar-refractivity contribution in [3.63, 3.8) is 0 Å². The molecular formula is C22H25IN4OS. The quantitative estimate of drug-likeness (QED) is 0.516. The number of piperazine rings is 1. The minimum atomic E-state index is 0.00812. The summed E-state index contributed by atoms with van der Waals surface area (Å²) in [6, 6.07) is 12.1. The summed E-state index contributed by atoms with van der Waals surface area (Å²) in [5.74, 6) is 0.00812. The predicted octanol–water partition coefficient (Wildman–Crippen LogP) is 4.07. The second-order valence-electron chi connectivity index (χ2n) is 7.49. The van der Waals surface area contributed by atoms with Gasteiger partial charge in [0.15, 0.2) is 5.13 Å². The smallest absolute Gasteiger partial charge is 0.252 e. The van der Waals surface area contributed by atoms with Gasteiger partial charge in [0.1, 0.15) is 0 Å². The van der Waals surface area contributed by atoms with Crippen LogP contribution in [0.3, 0.4) is 0 Å². The zero-order valence-corrected chi connectivity index (χ0v) is 19.7. The van der Waals surface area contributed by atoms with Crippen LogP contribution in [-0.2, 0) is 0 Å². The van der Waals surface area contributed by atoms with E-state index in [4.69, 9.17) is 4.98 Å². The topological polar surface area (TPSA) is 48.5 Å². The lowest BCUT2D eigenvalue weighted by atomic mass is 10.1. The molecule has 1 aromatic heterocycles. The number of nitrogens with one attached hydrogen (secondary N) is 1. The molecular weight excluding hydrogens is 495 g/mol. The third-order valence-electron chi connectivity index (χ3n) is 5.29. The predicted molar refractivity (Wildman–Crippen MR) is 129 cm³/mol. The van der Waals surface area contributed by atoms with Gasteiger partial charge in [-0.25, -0.2) is 4.98 Å². The molecule has 0 atom stereocenters. The SMILES string of the molecule is Cc1cc(C)c2nc(N3CCN(CCNC(=O)c4ccccc4I)CC3)sc2c1. The van der Waals surface area contributed by atoms with E-state index in [2.05, 4.69) is 63.7 Å². The fourth-order valence-corrected chi connectivity index (χ4v) is 5.55. The van der Waals surface area contributed by atoms with Crippen molar-refractivity contribution >= 4 is 55.2 Å². The molecule has 5 nitrogen and oxygen atoms in total. The number of anilines is 1. The lowest BCUT2D eigenvalue weighted by Gasteiger charge is -2.34. The third kappa shape index (κ3) is 4.73. The minimum Gasteiger partial charge on any atom is -0.351 e. The van der Waals surface area contributed by atoms with E-state index in [-0.39, 0.29) is 5.91 Å². The summed E-state index contributed by atoms with van der Waals surface area (Å²) in [6.45, 7) is 9.76. The fourth-order valence-electron chi connectivity index (χ4n) is 3.73. The lowest BCUT2D eigenvalue weighted by molar-refractivity contribution is 0.0947. The number of carbonyl (C=O) groups excluding carboxylic acids is 1. The fraction of sp³-hybridized carbons (Fsp3) is 0.364. The molecule has 0 bridgehead atoms. The van der Waals surface area contributed by atoms with E-state index in [9.17, 15) is 4.79 Å². The lowest BCUT2D eigenvalue weighted by Crippen LogP contribution is -2.48. The number of fused-ring (bicyclic) bond motifs is 1. The number of carbonyl (C=O) groups is 1. The number of aryl methyl sites for hydroxylation is 2. The molecule has 3 aromatic rings. The average Bonchev–Trinajstić information content (AvgIpc) is 3.13. The van der Waals surface area contributed by atoms with Gasteiger partial charge in [0.2, 0.25) is 0 Å². The first-order valence-corrected chi connectivity index (χ1v) is 11.8. The Kier molecular flexibility index (Phi) is 6.36.